The molecule has 0 saturated heterocycles. The molecule has 1 aliphatic rings. The van der Waals surface area contributed by atoms with Crippen LogP contribution in [0.5, 0.6) is 5.75 Å². The van der Waals surface area contributed by atoms with Gasteiger partial charge in [-0.3, -0.25) is 9.59 Å². The van der Waals surface area contributed by atoms with Crippen LogP contribution >= 0.6 is 0 Å². The summed E-state index contributed by atoms with van der Waals surface area (Å²) in [7, 11) is 0. The van der Waals surface area contributed by atoms with E-state index in [0.717, 1.165) is 31.2 Å². The number of nitrogens with one attached hydrogen (secondary N) is 2. The van der Waals surface area contributed by atoms with Crippen LogP contribution in [0.25, 0.3) is 0 Å². The monoisotopic (exact) mass is 515 g/mol. The number of benzene rings is 3. The number of rotatable bonds is 9. The molecule has 38 heavy (non-hydrogen) atoms. The van der Waals surface area contributed by atoms with Gasteiger partial charge in [0.2, 0.25) is 0 Å². The highest BCUT2D eigenvalue weighted by atomic mass is 16.4. The fraction of sp³-hybridized carbons (Fsp3) is 0.300. The van der Waals surface area contributed by atoms with E-state index >= 15 is 0 Å². The molecule has 4 N–H and O–H groups in total. The summed E-state index contributed by atoms with van der Waals surface area (Å²) < 4.78 is 0. The Morgan fingerprint density at radius 2 is 1.50 bits per heavy atom. The average Bonchev–Trinajstić information content (AvgIpc) is 2.93. The summed E-state index contributed by atoms with van der Waals surface area (Å²) in [5.74, 6) is -0.692. The number of carboxylic acids is 1. The van der Waals surface area contributed by atoms with Gasteiger partial charge in [0.25, 0.3) is 5.91 Å². The summed E-state index contributed by atoms with van der Waals surface area (Å²) in [4.78, 5) is 38.3. The van der Waals surface area contributed by atoms with E-state index in [0.29, 0.717) is 23.7 Å². The van der Waals surface area contributed by atoms with Gasteiger partial charge in [-0.05, 0) is 79.1 Å². The first-order valence-corrected chi connectivity index (χ1v) is 12.9. The molecule has 1 aliphatic carbocycles. The lowest BCUT2D eigenvalue weighted by atomic mass is 9.81. The van der Waals surface area contributed by atoms with Gasteiger partial charge in [-0.15, -0.1) is 0 Å². The van der Waals surface area contributed by atoms with Crippen LogP contribution in [0.1, 0.15) is 59.5 Å². The average molecular weight is 516 g/mol. The number of hydrogen-bond donors (Lipinski definition) is 4. The molecule has 8 nitrogen and oxygen atoms in total. The number of carbonyl (C=O) groups is 3. The Bertz CT molecular complexity index is 1220. The summed E-state index contributed by atoms with van der Waals surface area (Å²) in [6.45, 7) is 0.443. The molecule has 1 saturated carbocycles. The number of phenolic OH excluding ortho intramolecular Hbond substituents is 1. The van der Waals surface area contributed by atoms with E-state index in [2.05, 4.69) is 34.9 Å². The first kappa shape index (κ1) is 26.7. The Labute approximate surface area is 222 Å². The van der Waals surface area contributed by atoms with Crippen molar-refractivity contribution in [1.29, 1.82) is 0 Å². The van der Waals surface area contributed by atoms with Crippen molar-refractivity contribution in [3.8, 4) is 5.75 Å². The number of anilines is 1. The maximum absolute atomic E-state index is 13.4. The highest BCUT2D eigenvalue weighted by Crippen LogP contribution is 2.35. The minimum atomic E-state index is -0.968. The predicted octanol–water partition coefficient (Wildman–Crippen LogP) is 5.36. The van der Waals surface area contributed by atoms with Crippen molar-refractivity contribution in [2.24, 2.45) is 0 Å². The van der Waals surface area contributed by atoms with Crippen LogP contribution in [0.2, 0.25) is 0 Å². The smallest absolute Gasteiger partial charge is 0.322 e. The molecule has 1 fully saturated rings. The molecule has 8 heteroatoms. The van der Waals surface area contributed by atoms with Gasteiger partial charge in [-0.2, -0.15) is 0 Å². The van der Waals surface area contributed by atoms with Crippen molar-refractivity contribution in [3.63, 3.8) is 0 Å². The van der Waals surface area contributed by atoms with Crippen LogP contribution in [-0.2, 0) is 11.3 Å². The van der Waals surface area contributed by atoms with Crippen LogP contribution < -0.4 is 10.6 Å². The Morgan fingerprint density at radius 1 is 0.842 bits per heavy atom. The Balaban J connectivity index is 1.45. The van der Waals surface area contributed by atoms with Gasteiger partial charge in [0, 0.05) is 30.4 Å². The van der Waals surface area contributed by atoms with Crippen molar-refractivity contribution in [1.82, 2.24) is 10.2 Å². The summed E-state index contributed by atoms with van der Waals surface area (Å²) in [5.41, 5.74) is 3.26. The van der Waals surface area contributed by atoms with Crippen LogP contribution in [-0.4, -0.2) is 45.6 Å². The lowest BCUT2D eigenvalue weighted by molar-refractivity contribution is -0.136. The first-order chi connectivity index (χ1) is 18.4. The fourth-order valence-corrected chi connectivity index (χ4v) is 4.90. The molecular formula is C30H33N3O5. The highest BCUT2D eigenvalue weighted by Gasteiger charge is 2.30. The second kappa shape index (κ2) is 12.8. The minimum Gasteiger partial charge on any atom is -0.508 e. The van der Waals surface area contributed by atoms with Crippen LogP contribution in [0.4, 0.5) is 10.5 Å². The van der Waals surface area contributed by atoms with E-state index in [1.54, 1.807) is 24.3 Å². The molecule has 0 aliphatic heterocycles. The molecule has 0 bridgehead atoms. The summed E-state index contributed by atoms with van der Waals surface area (Å²) in [5, 5.41) is 23.9. The molecule has 0 unspecified atom stereocenters. The number of amides is 3. The van der Waals surface area contributed by atoms with Crippen molar-refractivity contribution >= 4 is 23.6 Å². The van der Waals surface area contributed by atoms with E-state index in [1.807, 2.05) is 23.1 Å². The molecule has 4 rings (SSSR count). The standard InChI is InChI=1S/C30H33N3O5/c34-27-16-12-25(13-17-27)32-30(38)33(26-14-10-23(11-15-26)22-4-2-1-3-5-22)20-21-6-8-24(9-7-21)29(37)31-19-18-28(35)36/h1-9,12-13,16-17,23,26,34H,10-11,14-15,18-20H2,(H,31,37)(H,32,38)(H,35,36). The fourth-order valence-electron chi connectivity index (χ4n) is 4.90. The third-order valence-electron chi connectivity index (χ3n) is 6.98. The number of hydrogen-bond acceptors (Lipinski definition) is 4. The number of urea groups is 1. The maximum atomic E-state index is 13.4. The summed E-state index contributed by atoms with van der Waals surface area (Å²) in [6, 6.07) is 23.7. The van der Waals surface area contributed by atoms with Gasteiger partial charge in [0.05, 0.1) is 6.42 Å². The van der Waals surface area contributed by atoms with Crippen LogP contribution in [0.3, 0.4) is 0 Å². The zero-order valence-corrected chi connectivity index (χ0v) is 21.2. The quantitative estimate of drug-likeness (QED) is 0.286. The third-order valence-corrected chi connectivity index (χ3v) is 6.98. The number of nitrogens with zero attached hydrogens (tertiary/aromatic N) is 1. The molecule has 3 amide bonds. The lowest BCUT2D eigenvalue weighted by Gasteiger charge is -2.37. The molecule has 0 atom stereocenters. The molecule has 0 heterocycles. The van der Waals surface area contributed by atoms with Gasteiger partial charge >= 0.3 is 12.0 Å². The zero-order chi connectivity index (χ0) is 26.9. The molecule has 0 aromatic heterocycles. The third kappa shape index (κ3) is 7.35. The topological polar surface area (TPSA) is 119 Å². The summed E-state index contributed by atoms with van der Waals surface area (Å²) in [6.07, 6.45) is 3.61. The second-order valence-corrected chi connectivity index (χ2v) is 9.62. The largest absolute Gasteiger partial charge is 0.508 e. The van der Waals surface area contributed by atoms with Crippen molar-refractivity contribution in [3.05, 3.63) is 95.6 Å². The Hall–Kier alpha value is -4.33. The Kier molecular flexibility index (Phi) is 8.98. The zero-order valence-electron chi connectivity index (χ0n) is 21.2. The van der Waals surface area contributed by atoms with Crippen molar-refractivity contribution in [2.75, 3.05) is 11.9 Å². The molecule has 3 aromatic carbocycles. The normalized spacial score (nSPS) is 16.8. The molecule has 198 valence electrons. The number of aliphatic carboxylic acids is 1. The number of aromatic hydroxyl groups is 1. The minimum absolute atomic E-state index is 0.0612. The van der Waals surface area contributed by atoms with Crippen molar-refractivity contribution in [2.45, 2.75) is 50.6 Å². The maximum Gasteiger partial charge on any atom is 0.322 e. The van der Waals surface area contributed by atoms with E-state index in [4.69, 9.17) is 5.11 Å². The molecule has 3 aromatic rings. The lowest BCUT2D eigenvalue weighted by Crippen LogP contribution is -2.44. The molecule has 0 spiro atoms. The summed E-state index contributed by atoms with van der Waals surface area (Å²) >= 11 is 0. The second-order valence-electron chi connectivity index (χ2n) is 9.62. The predicted molar refractivity (Wildman–Crippen MR) is 145 cm³/mol. The molecular weight excluding hydrogens is 482 g/mol. The number of carboxylic acid groups (broad SMARTS) is 1. The van der Waals surface area contributed by atoms with E-state index in [9.17, 15) is 19.5 Å². The van der Waals surface area contributed by atoms with E-state index < -0.39 is 5.97 Å². The van der Waals surface area contributed by atoms with Crippen molar-refractivity contribution < 1.29 is 24.6 Å². The SMILES string of the molecule is O=C(O)CCNC(=O)c1ccc(CN(C(=O)Nc2ccc(O)cc2)C2CCC(c3ccccc3)CC2)cc1. The molecule has 0 radical (unpaired) electrons. The van der Waals surface area contributed by atoms with Crippen LogP contribution in [0, 0.1) is 0 Å². The Morgan fingerprint density at radius 3 is 2.13 bits per heavy atom. The highest BCUT2D eigenvalue weighted by molar-refractivity contribution is 5.94. The van der Waals surface area contributed by atoms with Crippen LogP contribution in [0.15, 0.2) is 78.9 Å². The van der Waals surface area contributed by atoms with Gasteiger partial charge in [-0.1, -0.05) is 42.5 Å². The number of carbonyl (C=O) groups excluding carboxylic acids is 2. The van der Waals surface area contributed by atoms with Gasteiger partial charge in [0.15, 0.2) is 0 Å². The van der Waals surface area contributed by atoms with Gasteiger partial charge in [0.1, 0.15) is 5.75 Å². The van der Waals surface area contributed by atoms with Gasteiger partial charge < -0.3 is 25.7 Å². The van der Waals surface area contributed by atoms with Gasteiger partial charge in [-0.25, -0.2) is 4.79 Å². The first-order valence-electron chi connectivity index (χ1n) is 12.9. The number of phenols is 1. The van der Waals surface area contributed by atoms with E-state index in [-0.39, 0.29) is 36.7 Å². The van der Waals surface area contributed by atoms with E-state index in [1.165, 1.54) is 17.7 Å².